The van der Waals surface area contributed by atoms with Crippen molar-refractivity contribution in [2.45, 2.75) is 40.2 Å². The molecule has 1 nitrogen and oxygen atoms in total. The standard InChI is InChI=1S/C14H22FNS/c1-14(2,3)11-5-4-7-16(9-11)10-13-12(15)6-8-17-13/h6,8,11H,4-5,7,9-10H2,1-3H3/t11-/m1/s1. The lowest BCUT2D eigenvalue weighted by Gasteiger charge is -2.39. The number of thiophene rings is 1. The summed E-state index contributed by atoms with van der Waals surface area (Å²) in [6.45, 7) is 9.95. The molecule has 0 radical (unpaired) electrons. The zero-order chi connectivity index (χ0) is 12.5. The summed E-state index contributed by atoms with van der Waals surface area (Å²) in [5.74, 6) is 0.701. The van der Waals surface area contributed by atoms with Gasteiger partial charge >= 0.3 is 0 Å². The molecule has 1 fully saturated rings. The van der Waals surface area contributed by atoms with Crippen molar-refractivity contribution < 1.29 is 4.39 Å². The van der Waals surface area contributed by atoms with Gasteiger partial charge in [-0.15, -0.1) is 11.3 Å². The summed E-state index contributed by atoms with van der Waals surface area (Å²) >= 11 is 1.54. The van der Waals surface area contributed by atoms with Crippen molar-refractivity contribution in [2.75, 3.05) is 13.1 Å². The van der Waals surface area contributed by atoms with Gasteiger partial charge in [-0.2, -0.15) is 0 Å². The number of likely N-dealkylation sites (tertiary alicyclic amines) is 1. The molecule has 3 heteroatoms. The first-order chi connectivity index (χ1) is 7.97. The van der Waals surface area contributed by atoms with Crippen LogP contribution in [0, 0.1) is 17.2 Å². The number of hydrogen-bond acceptors (Lipinski definition) is 2. The maximum atomic E-state index is 13.4. The van der Waals surface area contributed by atoms with E-state index in [0.29, 0.717) is 5.41 Å². The first-order valence-electron chi connectivity index (χ1n) is 6.41. The second-order valence-corrected chi connectivity index (χ2v) is 7.13. The van der Waals surface area contributed by atoms with Crippen molar-refractivity contribution in [3.8, 4) is 0 Å². The molecule has 0 spiro atoms. The third-order valence-corrected chi connectivity index (χ3v) is 4.67. The quantitative estimate of drug-likeness (QED) is 0.767. The third kappa shape index (κ3) is 3.29. The monoisotopic (exact) mass is 255 g/mol. The van der Waals surface area contributed by atoms with Gasteiger partial charge in [0.2, 0.25) is 0 Å². The minimum Gasteiger partial charge on any atom is -0.298 e. The predicted octanol–water partition coefficient (Wildman–Crippen LogP) is 4.15. The lowest BCUT2D eigenvalue weighted by atomic mass is 9.76. The summed E-state index contributed by atoms with van der Waals surface area (Å²) in [6, 6.07) is 1.57. The van der Waals surface area contributed by atoms with Crippen LogP contribution in [0.3, 0.4) is 0 Å². The highest BCUT2D eigenvalue weighted by Crippen LogP contribution is 2.34. The van der Waals surface area contributed by atoms with Crippen LogP contribution in [0.5, 0.6) is 0 Å². The zero-order valence-corrected chi connectivity index (χ0v) is 11.8. The predicted molar refractivity (Wildman–Crippen MR) is 71.7 cm³/mol. The van der Waals surface area contributed by atoms with Crippen LogP contribution >= 0.6 is 11.3 Å². The molecular formula is C14H22FNS. The lowest BCUT2D eigenvalue weighted by Crippen LogP contribution is -2.40. The van der Waals surface area contributed by atoms with E-state index in [2.05, 4.69) is 25.7 Å². The SMILES string of the molecule is CC(C)(C)[C@@H]1CCCN(Cc2sccc2F)C1. The van der Waals surface area contributed by atoms with Gasteiger partial charge in [-0.25, -0.2) is 4.39 Å². The molecule has 0 saturated carbocycles. The van der Waals surface area contributed by atoms with Crippen molar-refractivity contribution in [2.24, 2.45) is 11.3 Å². The second-order valence-electron chi connectivity index (χ2n) is 6.13. The van der Waals surface area contributed by atoms with E-state index in [1.807, 2.05) is 5.38 Å². The van der Waals surface area contributed by atoms with Crippen LogP contribution in [0.25, 0.3) is 0 Å². The molecule has 0 amide bonds. The highest BCUT2D eigenvalue weighted by molar-refractivity contribution is 7.09. The molecule has 1 aliphatic rings. The fourth-order valence-electron chi connectivity index (χ4n) is 2.55. The molecule has 96 valence electrons. The fraction of sp³-hybridized carbons (Fsp3) is 0.714. The summed E-state index contributed by atoms with van der Waals surface area (Å²) in [5, 5.41) is 1.84. The molecule has 1 aliphatic heterocycles. The molecule has 17 heavy (non-hydrogen) atoms. The van der Waals surface area contributed by atoms with E-state index in [0.717, 1.165) is 30.4 Å². The van der Waals surface area contributed by atoms with Crippen molar-refractivity contribution in [1.82, 2.24) is 4.90 Å². The van der Waals surface area contributed by atoms with Crippen LogP contribution in [0.1, 0.15) is 38.5 Å². The molecule has 1 aromatic heterocycles. The molecule has 1 aromatic rings. The van der Waals surface area contributed by atoms with E-state index in [4.69, 9.17) is 0 Å². The van der Waals surface area contributed by atoms with Gasteiger partial charge in [0.25, 0.3) is 0 Å². The smallest absolute Gasteiger partial charge is 0.138 e. The van der Waals surface area contributed by atoms with Gasteiger partial charge in [-0.1, -0.05) is 20.8 Å². The lowest BCUT2D eigenvalue weighted by molar-refractivity contribution is 0.0943. The Hall–Kier alpha value is -0.410. The molecule has 0 aliphatic carbocycles. The number of nitrogens with zero attached hydrogens (tertiary/aromatic N) is 1. The average Bonchev–Trinajstić information content (AvgIpc) is 2.64. The van der Waals surface area contributed by atoms with Gasteiger partial charge in [0.05, 0.1) is 4.88 Å². The van der Waals surface area contributed by atoms with E-state index in [-0.39, 0.29) is 5.82 Å². The summed E-state index contributed by atoms with van der Waals surface area (Å²) in [4.78, 5) is 3.30. The van der Waals surface area contributed by atoms with Crippen LogP contribution < -0.4 is 0 Å². The molecule has 1 atom stereocenters. The van der Waals surface area contributed by atoms with Crippen molar-refractivity contribution in [3.63, 3.8) is 0 Å². The Bertz CT molecular complexity index is 367. The van der Waals surface area contributed by atoms with Gasteiger partial charge < -0.3 is 0 Å². The first kappa shape index (κ1) is 13.0. The Morgan fingerprint density at radius 1 is 1.47 bits per heavy atom. The molecule has 2 rings (SSSR count). The summed E-state index contributed by atoms with van der Waals surface area (Å²) < 4.78 is 13.4. The van der Waals surface area contributed by atoms with E-state index in [1.54, 1.807) is 6.07 Å². The first-order valence-corrected chi connectivity index (χ1v) is 7.29. The summed E-state index contributed by atoms with van der Waals surface area (Å²) in [6.07, 6.45) is 2.56. The minimum atomic E-state index is -0.0344. The normalized spacial score (nSPS) is 22.9. The van der Waals surface area contributed by atoms with Crippen molar-refractivity contribution >= 4 is 11.3 Å². The Balaban J connectivity index is 1.96. The summed E-state index contributed by atoms with van der Waals surface area (Å²) in [7, 11) is 0. The number of piperidine rings is 1. The van der Waals surface area contributed by atoms with Gasteiger partial charge in [-0.3, -0.25) is 4.90 Å². The van der Waals surface area contributed by atoms with E-state index >= 15 is 0 Å². The highest BCUT2D eigenvalue weighted by atomic mass is 32.1. The Morgan fingerprint density at radius 3 is 2.82 bits per heavy atom. The molecule has 0 aromatic carbocycles. The van der Waals surface area contributed by atoms with Gasteiger partial charge in [0.1, 0.15) is 5.82 Å². The van der Waals surface area contributed by atoms with Gasteiger partial charge in [0.15, 0.2) is 0 Å². The van der Waals surface area contributed by atoms with E-state index < -0.39 is 0 Å². The largest absolute Gasteiger partial charge is 0.298 e. The molecule has 1 saturated heterocycles. The molecular weight excluding hydrogens is 233 g/mol. The zero-order valence-electron chi connectivity index (χ0n) is 11.0. The Labute approximate surface area is 108 Å². The van der Waals surface area contributed by atoms with E-state index in [1.165, 1.54) is 24.2 Å². The van der Waals surface area contributed by atoms with Gasteiger partial charge in [0, 0.05) is 13.1 Å². The van der Waals surface area contributed by atoms with Crippen LogP contribution in [-0.4, -0.2) is 18.0 Å². The average molecular weight is 255 g/mol. The highest BCUT2D eigenvalue weighted by Gasteiger charge is 2.29. The van der Waals surface area contributed by atoms with Crippen LogP contribution in [0.15, 0.2) is 11.4 Å². The van der Waals surface area contributed by atoms with Crippen LogP contribution in [0.4, 0.5) is 4.39 Å². The molecule has 0 bridgehead atoms. The van der Waals surface area contributed by atoms with Gasteiger partial charge in [-0.05, 0) is 42.2 Å². The maximum Gasteiger partial charge on any atom is 0.138 e. The van der Waals surface area contributed by atoms with E-state index in [9.17, 15) is 4.39 Å². The topological polar surface area (TPSA) is 3.24 Å². The number of hydrogen-bond donors (Lipinski definition) is 0. The maximum absolute atomic E-state index is 13.4. The number of rotatable bonds is 2. The Kier molecular flexibility index (Phi) is 3.88. The minimum absolute atomic E-state index is 0.0344. The van der Waals surface area contributed by atoms with Crippen LogP contribution in [0.2, 0.25) is 0 Å². The third-order valence-electron chi connectivity index (χ3n) is 3.79. The molecule has 0 unspecified atom stereocenters. The Morgan fingerprint density at radius 2 is 2.24 bits per heavy atom. The second kappa shape index (κ2) is 5.07. The molecule has 0 N–H and O–H groups in total. The summed E-state index contributed by atoms with van der Waals surface area (Å²) in [5.41, 5.74) is 0.368. The van der Waals surface area contributed by atoms with Crippen LogP contribution in [-0.2, 0) is 6.54 Å². The van der Waals surface area contributed by atoms with Crippen molar-refractivity contribution in [1.29, 1.82) is 0 Å². The fourth-order valence-corrected chi connectivity index (χ4v) is 3.34. The van der Waals surface area contributed by atoms with Crippen molar-refractivity contribution in [3.05, 3.63) is 22.1 Å². The number of halogens is 1. The molecule has 2 heterocycles.